The second-order valence-electron chi connectivity index (χ2n) is 12.4. The molecule has 1 aliphatic carbocycles. The highest BCUT2D eigenvalue weighted by molar-refractivity contribution is 6.11. The summed E-state index contributed by atoms with van der Waals surface area (Å²) < 4.78 is 0. The topological polar surface area (TPSA) is 20.3 Å². The standard InChI is InChI=1S/C36H37NO/c1-35(2,3)32-21-26(22-33(34(32)38)36(4,5)6)16-15-25-17-19-37(20-18-25)24-31-29-13-9-7-11-27(29)23-28-12-8-10-14-30(28)31/h7-23H,24H2,1-6H3. The Morgan fingerprint density at radius 3 is 1.66 bits per heavy atom. The Kier molecular flexibility index (Phi) is 6.61. The summed E-state index contributed by atoms with van der Waals surface area (Å²) >= 11 is 0. The van der Waals surface area contributed by atoms with E-state index < -0.39 is 0 Å². The van der Waals surface area contributed by atoms with E-state index in [1.165, 1.54) is 27.1 Å². The summed E-state index contributed by atoms with van der Waals surface area (Å²) in [4.78, 5) is 15.5. The molecule has 1 aliphatic heterocycles. The predicted molar refractivity (Wildman–Crippen MR) is 162 cm³/mol. The van der Waals surface area contributed by atoms with Gasteiger partial charge in [0.15, 0.2) is 5.78 Å². The van der Waals surface area contributed by atoms with E-state index in [4.69, 9.17) is 0 Å². The van der Waals surface area contributed by atoms with E-state index in [-0.39, 0.29) is 16.6 Å². The summed E-state index contributed by atoms with van der Waals surface area (Å²) in [5.74, 6) is 0.170. The third kappa shape index (κ3) is 5.22. The lowest BCUT2D eigenvalue weighted by atomic mass is 9.72. The van der Waals surface area contributed by atoms with Crippen molar-refractivity contribution in [3.8, 4) is 0 Å². The van der Waals surface area contributed by atoms with Crippen LogP contribution < -0.4 is 0 Å². The Morgan fingerprint density at radius 2 is 1.16 bits per heavy atom. The first-order chi connectivity index (χ1) is 18.0. The molecule has 1 heterocycles. The normalized spacial score (nSPS) is 16.3. The van der Waals surface area contributed by atoms with Crippen molar-refractivity contribution >= 4 is 27.3 Å². The maximum absolute atomic E-state index is 13.2. The third-order valence-electron chi connectivity index (χ3n) is 7.34. The molecule has 5 rings (SSSR count). The highest BCUT2D eigenvalue weighted by Gasteiger charge is 2.33. The van der Waals surface area contributed by atoms with Crippen LogP contribution in [-0.4, -0.2) is 10.7 Å². The molecule has 3 aromatic carbocycles. The number of hydrogen-bond donors (Lipinski definition) is 0. The van der Waals surface area contributed by atoms with Crippen molar-refractivity contribution in [2.24, 2.45) is 10.8 Å². The van der Waals surface area contributed by atoms with E-state index in [1.807, 2.05) is 0 Å². The van der Waals surface area contributed by atoms with Crippen molar-refractivity contribution in [1.29, 1.82) is 0 Å². The van der Waals surface area contributed by atoms with E-state index in [0.29, 0.717) is 0 Å². The van der Waals surface area contributed by atoms with Gasteiger partial charge in [-0.3, -0.25) is 4.79 Å². The van der Waals surface area contributed by atoms with E-state index in [0.717, 1.165) is 28.8 Å². The van der Waals surface area contributed by atoms with Gasteiger partial charge in [-0.1, -0.05) is 102 Å². The lowest BCUT2D eigenvalue weighted by Gasteiger charge is -2.31. The van der Waals surface area contributed by atoms with Gasteiger partial charge < -0.3 is 4.90 Å². The molecule has 0 saturated carbocycles. The van der Waals surface area contributed by atoms with Crippen molar-refractivity contribution in [3.63, 3.8) is 0 Å². The molecule has 3 aromatic rings. The van der Waals surface area contributed by atoms with Gasteiger partial charge in [-0.05, 0) is 79.5 Å². The Morgan fingerprint density at radius 1 is 0.684 bits per heavy atom. The van der Waals surface area contributed by atoms with Crippen LogP contribution in [0.1, 0.15) is 47.1 Å². The third-order valence-corrected chi connectivity index (χ3v) is 7.34. The molecule has 2 heteroatoms. The molecule has 0 bridgehead atoms. The number of carbonyl (C=O) groups excluding carboxylic acids is 1. The smallest absolute Gasteiger partial charge is 0.186 e. The molecule has 2 aliphatic rings. The number of fused-ring (bicyclic) bond motifs is 2. The van der Waals surface area contributed by atoms with Gasteiger partial charge in [0.05, 0.1) is 0 Å². The Labute approximate surface area is 227 Å². The van der Waals surface area contributed by atoms with Crippen LogP contribution >= 0.6 is 0 Å². The zero-order valence-electron chi connectivity index (χ0n) is 23.4. The van der Waals surface area contributed by atoms with E-state index in [9.17, 15) is 4.79 Å². The fraction of sp³-hybridized carbons (Fsp3) is 0.250. The van der Waals surface area contributed by atoms with Crippen LogP contribution in [0, 0.1) is 10.8 Å². The number of nitrogens with zero attached hydrogens (tertiary/aromatic N) is 1. The second-order valence-corrected chi connectivity index (χ2v) is 12.4. The molecule has 0 N–H and O–H groups in total. The average molecular weight is 500 g/mol. The molecule has 0 amide bonds. The molecular weight excluding hydrogens is 462 g/mol. The van der Waals surface area contributed by atoms with Crippen LogP contribution in [0.3, 0.4) is 0 Å². The molecule has 0 saturated heterocycles. The maximum atomic E-state index is 13.2. The maximum Gasteiger partial charge on any atom is 0.186 e. The summed E-state index contributed by atoms with van der Waals surface area (Å²) in [6.07, 6.45) is 17.0. The first kappa shape index (κ1) is 25.7. The molecule has 38 heavy (non-hydrogen) atoms. The summed E-state index contributed by atoms with van der Waals surface area (Å²) in [6.45, 7) is 13.5. The minimum atomic E-state index is -0.203. The van der Waals surface area contributed by atoms with Gasteiger partial charge in [0.25, 0.3) is 0 Å². The van der Waals surface area contributed by atoms with Gasteiger partial charge in [0, 0.05) is 30.1 Å². The van der Waals surface area contributed by atoms with Gasteiger partial charge in [0.2, 0.25) is 0 Å². The monoisotopic (exact) mass is 499 g/mol. The van der Waals surface area contributed by atoms with Gasteiger partial charge in [-0.2, -0.15) is 0 Å². The number of Topliss-reactive ketones (excluding diaryl/α,β-unsaturated/α-hetero) is 1. The van der Waals surface area contributed by atoms with Crippen LogP contribution in [0.15, 0.2) is 126 Å². The minimum absolute atomic E-state index is 0.170. The van der Waals surface area contributed by atoms with Crippen LogP contribution in [0.25, 0.3) is 21.5 Å². The second kappa shape index (κ2) is 9.76. The van der Waals surface area contributed by atoms with Crippen LogP contribution in [-0.2, 0) is 11.3 Å². The quantitative estimate of drug-likeness (QED) is 0.335. The zero-order valence-corrected chi connectivity index (χ0v) is 23.4. The molecule has 0 aromatic heterocycles. The Bertz CT molecular complexity index is 1500. The number of ketones is 1. The first-order valence-corrected chi connectivity index (χ1v) is 13.4. The minimum Gasteiger partial charge on any atom is -0.350 e. The fourth-order valence-electron chi connectivity index (χ4n) is 5.20. The Balaban J connectivity index is 1.42. The summed E-state index contributed by atoms with van der Waals surface area (Å²) in [6, 6.07) is 19.6. The van der Waals surface area contributed by atoms with Gasteiger partial charge in [-0.15, -0.1) is 0 Å². The highest BCUT2D eigenvalue weighted by Crippen LogP contribution is 2.39. The lowest BCUT2D eigenvalue weighted by molar-refractivity contribution is -0.114. The van der Waals surface area contributed by atoms with Gasteiger partial charge in [-0.25, -0.2) is 0 Å². The van der Waals surface area contributed by atoms with Crippen molar-refractivity contribution in [1.82, 2.24) is 4.90 Å². The van der Waals surface area contributed by atoms with Crippen LogP contribution in [0.2, 0.25) is 0 Å². The summed E-state index contributed by atoms with van der Waals surface area (Å²) in [5.41, 5.74) is 4.88. The van der Waals surface area contributed by atoms with E-state index in [2.05, 4.69) is 150 Å². The molecule has 192 valence electrons. The predicted octanol–water partition coefficient (Wildman–Crippen LogP) is 9.22. The van der Waals surface area contributed by atoms with Crippen molar-refractivity contribution < 1.29 is 4.79 Å². The SMILES string of the molecule is CC(C)(C)C1=CC(=CC=C2C=CN(Cc3c4ccccc4cc4ccccc34)C=C2)C=C(C(C)(C)C)C1=O. The highest BCUT2D eigenvalue weighted by atomic mass is 16.1. The molecule has 0 radical (unpaired) electrons. The van der Waals surface area contributed by atoms with Gasteiger partial charge in [0.1, 0.15) is 0 Å². The first-order valence-electron chi connectivity index (χ1n) is 13.4. The number of allylic oxidation sites excluding steroid dienone is 10. The summed E-state index contributed by atoms with van der Waals surface area (Å²) in [7, 11) is 0. The largest absolute Gasteiger partial charge is 0.350 e. The lowest BCUT2D eigenvalue weighted by Crippen LogP contribution is -2.27. The average Bonchev–Trinajstić information content (AvgIpc) is 2.87. The molecule has 0 spiro atoms. The molecule has 0 fully saturated rings. The molecule has 2 nitrogen and oxygen atoms in total. The summed E-state index contributed by atoms with van der Waals surface area (Å²) in [5, 5.41) is 5.15. The van der Waals surface area contributed by atoms with Crippen molar-refractivity contribution in [3.05, 3.63) is 131 Å². The van der Waals surface area contributed by atoms with Gasteiger partial charge >= 0.3 is 0 Å². The van der Waals surface area contributed by atoms with Crippen molar-refractivity contribution in [2.75, 3.05) is 0 Å². The van der Waals surface area contributed by atoms with E-state index in [1.54, 1.807) is 0 Å². The van der Waals surface area contributed by atoms with Crippen LogP contribution in [0.5, 0.6) is 0 Å². The number of carbonyl (C=O) groups is 1. The number of hydrogen-bond acceptors (Lipinski definition) is 2. The number of rotatable bonds is 3. The van der Waals surface area contributed by atoms with Crippen molar-refractivity contribution in [2.45, 2.75) is 48.1 Å². The molecule has 0 atom stereocenters. The Hall–Kier alpha value is -3.91. The molecule has 0 unspecified atom stereocenters. The fourth-order valence-corrected chi connectivity index (χ4v) is 5.20. The van der Waals surface area contributed by atoms with Crippen LogP contribution in [0.4, 0.5) is 0 Å². The number of benzene rings is 3. The molecular formula is C36H37NO. The van der Waals surface area contributed by atoms with E-state index >= 15 is 0 Å². The zero-order chi connectivity index (χ0) is 27.1.